The fraction of sp³-hybridized carbons (Fsp3) is 0.636. The Bertz CT molecular complexity index is 350. The number of nitrogen functional groups attached to an aromatic ring is 1. The number of rotatable bonds is 5. The number of nitrogens with zero attached hydrogens (tertiary/aromatic N) is 2. The molecule has 0 aliphatic heterocycles. The lowest BCUT2D eigenvalue weighted by Gasteiger charge is -2.14. The first kappa shape index (κ1) is 12.7. The number of anilines is 2. The van der Waals surface area contributed by atoms with Gasteiger partial charge in [-0.3, -0.25) is 0 Å². The van der Waals surface area contributed by atoms with E-state index in [4.69, 9.17) is 5.84 Å². The fourth-order valence-corrected chi connectivity index (χ4v) is 1.36. The molecule has 1 unspecified atom stereocenters. The number of nitrogens with one attached hydrogen (secondary N) is 2. The van der Waals surface area contributed by atoms with Gasteiger partial charge in [0, 0.05) is 12.1 Å². The van der Waals surface area contributed by atoms with Crippen LogP contribution in [0, 0.1) is 19.8 Å². The van der Waals surface area contributed by atoms with Crippen LogP contribution in [0.1, 0.15) is 31.7 Å². The van der Waals surface area contributed by atoms with Gasteiger partial charge in [0.15, 0.2) is 0 Å². The van der Waals surface area contributed by atoms with Crippen LogP contribution in [0.25, 0.3) is 0 Å². The summed E-state index contributed by atoms with van der Waals surface area (Å²) in [4.78, 5) is 8.58. The highest BCUT2D eigenvalue weighted by Crippen LogP contribution is 2.19. The molecule has 1 aromatic heterocycles. The van der Waals surface area contributed by atoms with Crippen molar-refractivity contribution in [1.82, 2.24) is 9.97 Å². The fourth-order valence-electron chi connectivity index (χ4n) is 1.36. The first-order valence-electron chi connectivity index (χ1n) is 5.64. The third-order valence-electron chi connectivity index (χ3n) is 2.71. The molecule has 0 aliphatic rings. The van der Waals surface area contributed by atoms with Gasteiger partial charge in [0.25, 0.3) is 0 Å². The van der Waals surface area contributed by atoms with E-state index in [9.17, 15) is 0 Å². The second kappa shape index (κ2) is 5.65. The summed E-state index contributed by atoms with van der Waals surface area (Å²) >= 11 is 0. The predicted octanol–water partition coefficient (Wildman–Crippen LogP) is 1.84. The quantitative estimate of drug-likeness (QED) is 0.524. The lowest BCUT2D eigenvalue weighted by Crippen LogP contribution is -2.16. The maximum absolute atomic E-state index is 5.40. The first-order valence-corrected chi connectivity index (χ1v) is 5.64. The molecular formula is C11H21N5. The van der Waals surface area contributed by atoms with Crippen LogP contribution < -0.4 is 16.6 Å². The molecule has 1 atom stereocenters. The van der Waals surface area contributed by atoms with Gasteiger partial charge in [0.2, 0.25) is 0 Å². The van der Waals surface area contributed by atoms with Crippen molar-refractivity contribution in [3.63, 3.8) is 0 Å². The number of hydrogen-bond donors (Lipinski definition) is 3. The summed E-state index contributed by atoms with van der Waals surface area (Å²) in [6.07, 6.45) is 1.15. The van der Waals surface area contributed by atoms with Crippen LogP contribution in [0.15, 0.2) is 0 Å². The highest BCUT2D eigenvalue weighted by molar-refractivity contribution is 5.56. The standard InChI is InChI=1S/C11H21N5/c1-5-7(2)6-13-10-8(3)11(16-12)15-9(4)14-10/h7H,5-6,12H2,1-4H3,(H2,13,14,15,16). The number of hydrogen-bond acceptors (Lipinski definition) is 5. The lowest BCUT2D eigenvalue weighted by molar-refractivity contribution is 0.592. The van der Waals surface area contributed by atoms with Crippen LogP contribution in [0.4, 0.5) is 11.6 Å². The van der Waals surface area contributed by atoms with E-state index in [0.717, 1.165) is 24.3 Å². The van der Waals surface area contributed by atoms with E-state index >= 15 is 0 Å². The van der Waals surface area contributed by atoms with Gasteiger partial charge < -0.3 is 10.7 Å². The summed E-state index contributed by atoms with van der Waals surface area (Å²) in [5.41, 5.74) is 3.54. The summed E-state index contributed by atoms with van der Waals surface area (Å²) in [6, 6.07) is 0. The average Bonchev–Trinajstić information content (AvgIpc) is 2.29. The molecule has 0 fully saturated rings. The molecule has 4 N–H and O–H groups in total. The molecule has 0 spiro atoms. The molecule has 0 amide bonds. The second-order valence-corrected chi connectivity index (χ2v) is 4.13. The highest BCUT2D eigenvalue weighted by Gasteiger charge is 2.08. The van der Waals surface area contributed by atoms with Crippen molar-refractivity contribution >= 4 is 11.6 Å². The molecular weight excluding hydrogens is 202 g/mol. The van der Waals surface area contributed by atoms with Crippen LogP contribution in [0.5, 0.6) is 0 Å². The maximum atomic E-state index is 5.40. The van der Waals surface area contributed by atoms with Gasteiger partial charge in [-0.25, -0.2) is 15.8 Å². The molecule has 0 aliphatic carbocycles. The van der Waals surface area contributed by atoms with Crippen molar-refractivity contribution < 1.29 is 0 Å². The van der Waals surface area contributed by atoms with E-state index in [1.165, 1.54) is 0 Å². The number of hydrazine groups is 1. The van der Waals surface area contributed by atoms with E-state index in [1.807, 2.05) is 13.8 Å². The molecule has 1 heterocycles. The molecule has 1 rings (SSSR count). The molecule has 0 aromatic carbocycles. The van der Waals surface area contributed by atoms with Gasteiger partial charge in [0.1, 0.15) is 17.5 Å². The SMILES string of the molecule is CCC(C)CNc1nc(C)nc(NN)c1C. The normalized spacial score (nSPS) is 12.3. The van der Waals surface area contributed by atoms with Crippen molar-refractivity contribution in [1.29, 1.82) is 0 Å². The Morgan fingerprint density at radius 1 is 1.25 bits per heavy atom. The zero-order valence-electron chi connectivity index (χ0n) is 10.5. The summed E-state index contributed by atoms with van der Waals surface area (Å²) < 4.78 is 0. The second-order valence-electron chi connectivity index (χ2n) is 4.13. The van der Waals surface area contributed by atoms with Crippen LogP contribution in [0.2, 0.25) is 0 Å². The molecule has 16 heavy (non-hydrogen) atoms. The van der Waals surface area contributed by atoms with Crippen molar-refractivity contribution in [3.8, 4) is 0 Å². The minimum Gasteiger partial charge on any atom is -0.369 e. The Morgan fingerprint density at radius 2 is 1.88 bits per heavy atom. The monoisotopic (exact) mass is 223 g/mol. The van der Waals surface area contributed by atoms with Crippen molar-refractivity contribution in [2.75, 3.05) is 17.3 Å². The highest BCUT2D eigenvalue weighted by atomic mass is 15.3. The Labute approximate surface area is 96.8 Å². The predicted molar refractivity (Wildman–Crippen MR) is 67.3 cm³/mol. The molecule has 5 nitrogen and oxygen atoms in total. The first-order chi connectivity index (χ1) is 7.58. The summed E-state index contributed by atoms with van der Waals surface area (Å²) in [7, 11) is 0. The van der Waals surface area contributed by atoms with Gasteiger partial charge in [-0.2, -0.15) is 0 Å². The molecule has 0 saturated carbocycles. The van der Waals surface area contributed by atoms with Crippen LogP contribution in [-0.2, 0) is 0 Å². The van der Waals surface area contributed by atoms with Gasteiger partial charge in [-0.05, 0) is 19.8 Å². The zero-order chi connectivity index (χ0) is 12.1. The van der Waals surface area contributed by atoms with E-state index in [2.05, 4.69) is 34.6 Å². The molecule has 0 radical (unpaired) electrons. The third-order valence-corrected chi connectivity index (χ3v) is 2.71. The topological polar surface area (TPSA) is 75.9 Å². The third kappa shape index (κ3) is 3.06. The molecule has 0 saturated heterocycles. The molecule has 0 bridgehead atoms. The van der Waals surface area contributed by atoms with E-state index in [0.29, 0.717) is 17.6 Å². The van der Waals surface area contributed by atoms with Gasteiger partial charge in [-0.1, -0.05) is 20.3 Å². The van der Waals surface area contributed by atoms with Crippen LogP contribution >= 0.6 is 0 Å². The van der Waals surface area contributed by atoms with Gasteiger partial charge in [-0.15, -0.1) is 0 Å². The maximum Gasteiger partial charge on any atom is 0.148 e. The zero-order valence-corrected chi connectivity index (χ0v) is 10.5. The van der Waals surface area contributed by atoms with E-state index < -0.39 is 0 Å². The van der Waals surface area contributed by atoms with Gasteiger partial charge >= 0.3 is 0 Å². The van der Waals surface area contributed by atoms with Crippen molar-refractivity contribution in [2.45, 2.75) is 34.1 Å². The van der Waals surface area contributed by atoms with E-state index in [-0.39, 0.29) is 0 Å². The summed E-state index contributed by atoms with van der Waals surface area (Å²) in [6.45, 7) is 9.11. The number of nitrogens with two attached hydrogens (primary N) is 1. The minimum absolute atomic E-state index is 0.629. The molecule has 5 heteroatoms. The van der Waals surface area contributed by atoms with Crippen LogP contribution in [-0.4, -0.2) is 16.5 Å². The molecule has 1 aromatic rings. The van der Waals surface area contributed by atoms with Gasteiger partial charge in [0.05, 0.1) is 0 Å². The minimum atomic E-state index is 0.629. The Balaban J connectivity index is 2.83. The average molecular weight is 223 g/mol. The Hall–Kier alpha value is -1.36. The summed E-state index contributed by atoms with van der Waals surface area (Å²) in [5.74, 6) is 8.29. The Morgan fingerprint density at radius 3 is 2.44 bits per heavy atom. The van der Waals surface area contributed by atoms with Crippen molar-refractivity contribution in [3.05, 3.63) is 11.4 Å². The number of aryl methyl sites for hydroxylation is 1. The van der Waals surface area contributed by atoms with Crippen molar-refractivity contribution in [2.24, 2.45) is 11.8 Å². The smallest absolute Gasteiger partial charge is 0.148 e. The summed E-state index contributed by atoms with van der Waals surface area (Å²) in [5, 5.41) is 3.33. The van der Waals surface area contributed by atoms with Crippen LogP contribution in [0.3, 0.4) is 0 Å². The molecule has 90 valence electrons. The largest absolute Gasteiger partial charge is 0.369 e. The number of aromatic nitrogens is 2. The van der Waals surface area contributed by atoms with E-state index in [1.54, 1.807) is 0 Å². The lowest BCUT2D eigenvalue weighted by atomic mass is 10.1. The Kier molecular flexibility index (Phi) is 4.49.